The van der Waals surface area contributed by atoms with E-state index in [0.717, 1.165) is 16.8 Å². The van der Waals surface area contributed by atoms with Gasteiger partial charge in [-0.3, -0.25) is 4.79 Å². The van der Waals surface area contributed by atoms with Crippen LogP contribution < -0.4 is 4.90 Å². The van der Waals surface area contributed by atoms with Gasteiger partial charge in [0.2, 0.25) is 5.91 Å². The van der Waals surface area contributed by atoms with Gasteiger partial charge in [-0.25, -0.2) is 0 Å². The van der Waals surface area contributed by atoms with Crippen molar-refractivity contribution in [1.29, 1.82) is 0 Å². The topological polar surface area (TPSA) is 32.8 Å². The van der Waals surface area contributed by atoms with E-state index < -0.39 is 0 Å². The van der Waals surface area contributed by atoms with E-state index in [9.17, 15) is 4.79 Å². The van der Waals surface area contributed by atoms with Crippen molar-refractivity contribution >= 4 is 58.0 Å². The Hall–Kier alpha value is -1.95. The highest BCUT2D eigenvalue weighted by Crippen LogP contribution is 2.40. The highest BCUT2D eigenvalue weighted by atomic mass is 35.5. The van der Waals surface area contributed by atoms with Crippen LogP contribution in [0.3, 0.4) is 0 Å². The molecule has 8 heteroatoms. The number of methoxy groups -OCH3 is 1. The van der Waals surface area contributed by atoms with E-state index in [2.05, 4.69) is 4.90 Å². The first-order chi connectivity index (χ1) is 16.4. The number of benzene rings is 3. The van der Waals surface area contributed by atoms with Crippen LogP contribution >= 0.6 is 46.4 Å². The highest BCUT2D eigenvalue weighted by Gasteiger charge is 2.40. The molecule has 3 aromatic carbocycles. The van der Waals surface area contributed by atoms with E-state index >= 15 is 0 Å². The minimum atomic E-state index is -0.252. The number of halogens is 4. The van der Waals surface area contributed by atoms with Crippen molar-refractivity contribution in [3.63, 3.8) is 0 Å². The molecule has 1 aliphatic rings. The van der Waals surface area contributed by atoms with E-state index in [-0.39, 0.29) is 24.4 Å². The van der Waals surface area contributed by atoms with Crippen molar-refractivity contribution in [2.75, 3.05) is 31.7 Å². The van der Waals surface area contributed by atoms with Crippen molar-refractivity contribution in [3.05, 3.63) is 97.9 Å². The number of anilines is 1. The first-order valence-corrected chi connectivity index (χ1v) is 12.4. The number of piperazine rings is 1. The second-order valence-corrected chi connectivity index (χ2v) is 9.92. The van der Waals surface area contributed by atoms with Crippen LogP contribution in [0.2, 0.25) is 20.1 Å². The molecule has 1 saturated heterocycles. The van der Waals surface area contributed by atoms with Gasteiger partial charge in [0.1, 0.15) is 0 Å². The average molecular weight is 538 g/mol. The quantitative estimate of drug-likeness (QED) is 0.341. The zero-order valence-corrected chi connectivity index (χ0v) is 21.6. The number of ether oxygens (including phenoxy) is 1. The molecule has 0 N–H and O–H groups in total. The Morgan fingerprint density at radius 1 is 0.912 bits per heavy atom. The molecule has 1 amide bonds. The van der Waals surface area contributed by atoms with Crippen LogP contribution in [0.15, 0.2) is 66.7 Å². The summed E-state index contributed by atoms with van der Waals surface area (Å²) in [4.78, 5) is 17.6. The molecule has 34 heavy (non-hydrogen) atoms. The lowest BCUT2D eigenvalue weighted by Gasteiger charge is -2.49. The van der Waals surface area contributed by atoms with Crippen LogP contribution in [-0.4, -0.2) is 43.7 Å². The first kappa shape index (κ1) is 25.2. The summed E-state index contributed by atoms with van der Waals surface area (Å²) in [5.74, 6) is 0.0186. The molecule has 0 aromatic heterocycles. The van der Waals surface area contributed by atoms with Crippen LogP contribution in [0.5, 0.6) is 0 Å². The number of hydrogen-bond donors (Lipinski definition) is 0. The molecule has 178 valence electrons. The third-order valence-electron chi connectivity index (χ3n) is 6.02. The molecule has 0 radical (unpaired) electrons. The molecule has 1 fully saturated rings. The summed E-state index contributed by atoms with van der Waals surface area (Å²) in [5, 5.41) is 2.38. The van der Waals surface area contributed by atoms with Gasteiger partial charge in [0.25, 0.3) is 0 Å². The van der Waals surface area contributed by atoms with Gasteiger partial charge in [-0.15, -0.1) is 0 Å². The maximum absolute atomic E-state index is 13.5. The summed E-state index contributed by atoms with van der Waals surface area (Å²) in [6, 6.07) is 20.1. The molecular weight excluding hydrogens is 514 g/mol. The number of carbonyl (C=O) groups excluding carboxylic acids is 1. The second kappa shape index (κ2) is 11.2. The summed E-state index contributed by atoms with van der Waals surface area (Å²) in [7, 11) is 1.65. The number of rotatable bonds is 6. The van der Waals surface area contributed by atoms with Crippen LogP contribution in [-0.2, 0) is 16.0 Å². The largest absolute Gasteiger partial charge is 0.382 e. The Morgan fingerprint density at radius 3 is 2.29 bits per heavy atom. The third kappa shape index (κ3) is 5.64. The van der Waals surface area contributed by atoms with E-state index in [4.69, 9.17) is 51.1 Å². The number of hydrogen-bond acceptors (Lipinski definition) is 3. The lowest BCUT2D eigenvalue weighted by molar-refractivity contribution is -0.135. The second-order valence-electron chi connectivity index (χ2n) is 8.20. The summed E-state index contributed by atoms with van der Waals surface area (Å²) >= 11 is 25.1. The minimum absolute atomic E-state index is 0.0186. The number of carbonyl (C=O) groups is 1. The van der Waals surface area contributed by atoms with Gasteiger partial charge >= 0.3 is 0 Å². The fourth-order valence-electron chi connectivity index (χ4n) is 4.53. The predicted octanol–water partition coefficient (Wildman–Crippen LogP) is 6.95. The summed E-state index contributed by atoms with van der Waals surface area (Å²) in [5.41, 5.74) is 2.74. The summed E-state index contributed by atoms with van der Waals surface area (Å²) in [6.07, 6.45) is 0.260. The monoisotopic (exact) mass is 536 g/mol. The zero-order chi connectivity index (χ0) is 24.2. The number of nitrogens with zero attached hydrogens (tertiary/aromatic N) is 2. The van der Waals surface area contributed by atoms with E-state index in [0.29, 0.717) is 39.8 Å². The summed E-state index contributed by atoms with van der Waals surface area (Å²) in [6.45, 7) is 1.48. The van der Waals surface area contributed by atoms with Crippen molar-refractivity contribution in [3.8, 4) is 0 Å². The molecular formula is C26H24Cl4N2O2. The standard InChI is InChI=1S/C26H24Cl4N2O2/c1-34-16-24-26(18-5-7-19(27)8-6-18)32(23-10-9-21(29)15-22(23)30)12-11-31(24)25(33)14-17-3-2-4-20(28)13-17/h2-10,13,15,24,26H,11-12,14,16H2,1H3/t24-,26+/m1/s1. The molecule has 0 bridgehead atoms. The SMILES string of the molecule is COC[C@@H]1[C@H](c2ccc(Cl)cc2)N(c2ccc(Cl)cc2Cl)CCN1C(=O)Cc1cccc(Cl)c1. The lowest BCUT2D eigenvalue weighted by Crippen LogP contribution is -2.59. The molecule has 4 rings (SSSR count). The maximum Gasteiger partial charge on any atom is 0.227 e. The molecule has 4 nitrogen and oxygen atoms in total. The van der Waals surface area contributed by atoms with Crippen molar-refractivity contribution in [2.45, 2.75) is 18.5 Å². The van der Waals surface area contributed by atoms with Crippen LogP contribution in [0.4, 0.5) is 5.69 Å². The number of amides is 1. The molecule has 0 unspecified atom stereocenters. The van der Waals surface area contributed by atoms with Gasteiger partial charge in [0.05, 0.1) is 35.8 Å². The van der Waals surface area contributed by atoms with Gasteiger partial charge in [-0.2, -0.15) is 0 Å². The van der Waals surface area contributed by atoms with Crippen molar-refractivity contribution in [1.82, 2.24) is 4.90 Å². The van der Waals surface area contributed by atoms with Crippen LogP contribution in [0.25, 0.3) is 0 Å². The van der Waals surface area contributed by atoms with Gasteiger partial charge in [0, 0.05) is 35.3 Å². The Labute approximate surface area is 219 Å². The normalized spacial score (nSPS) is 18.3. The van der Waals surface area contributed by atoms with Crippen LogP contribution in [0, 0.1) is 0 Å². The zero-order valence-electron chi connectivity index (χ0n) is 18.6. The molecule has 1 heterocycles. The Kier molecular flexibility index (Phi) is 8.28. The molecule has 0 aliphatic carbocycles. The first-order valence-electron chi connectivity index (χ1n) is 10.9. The van der Waals surface area contributed by atoms with Gasteiger partial charge in [-0.05, 0) is 53.6 Å². The third-order valence-corrected chi connectivity index (χ3v) is 7.04. The van der Waals surface area contributed by atoms with Gasteiger partial charge in [0.15, 0.2) is 0 Å². The van der Waals surface area contributed by atoms with Gasteiger partial charge in [-0.1, -0.05) is 70.7 Å². The highest BCUT2D eigenvalue weighted by molar-refractivity contribution is 6.36. The summed E-state index contributed by atoms with van der Waals surface area (Å²) < 4.78 is 5.62. The van der Waals surface area contributed by atoms with Crippen LogP contribution in [0.1, 0.15) is 17.2 Å². The molecule has 1 aliphatic heterocycles. The molecule has 2 atom stereocenters. The smallest absolute Gasteiger partial charge is 0.227 e. The fourth-order valence-corrected chi connectivity index (χ4v) is 5.39. The Morgan fingerprint density at radius 2 is 1.62 bits per heavy atom. The minimum Gasteiger partial charge on any atom is -0.382 e. The average Bonchev–Trinajstić information content (AvgIpc) is 2.80. The molecule has 0 saturated carbocycles. The Bertz CT molecular complexity index is 1160. The molecule has 0 spiro atoms. The fraction of sp³-hybridized carbons (Fsp3) is 0.269. The van der Waals surface area contributed by atoms with E-state index in [1.165, 1.54) is 0 Å². The predicted molar refractivity (Wildman–Crippen MR) is 141 cm³/mol. The molecule has 3 aromatic rings. The maximum atomic E-state index is 13.5. The van der Waals surface area contributed by atoms with Crippen molar-refractivity contribution in [2.24, 2.45) is 0 Å². The van der Waals surface area contributed by atoms with Gasteiger partial charge < -0.3 is 14.5 Å². The van der Waals surface area contributed by atoms with E-state index in [1.807, 2.05) is 59.5 Å². The van der Waals surface area contributed by atoms with Crippen molar-refractivity contribution < 1.29 is 9.53 Å². The van der Waals surface area contributed by atoms with E-state index in [1.54, 1.807) is 19.2 Å². The lowest BCUT2D eigenvalue weighted by atomic mass is 9.92. The Balaban J connectivity index is 1.72.